The summed E-state index contributed by atoms with van der Waals surface area (Å²) in [6, 6.07) is 4.32. The molecule has 5 heteroatoms. The number of amides is 1. The second-order valence-corrected chi connectivity index (χ2v) is 7.88. The van der Waals surface area contributed by atoms with Crippen molar-refractivity contribution in [2.24, 2.45) is 5.92 Å². The summed E-state index contributed by atoms with van der Waals surface area (Å²) >= 11 is 1.83. The van der Waals surface area contributed by atoms with Gasteiger partial charge < -0.3 is 10.1 Å². The summed E-state index contributed by atoms with van der Waals surface area (Å²) in [5.41, 5.74) is 0. The number of nitrogens with zero attached hydrogens (tertiary/aromatic N) is 1. The monoisotopic (exact) mass is 336 g/mol. The lowest BCUT2D eigenvalue weighted by atomic mass is 9.98. The van der Waals surface area contributed by atoms with E-state index in [1.807, 2.05) is 11.3 Å². The molecule has 0 aromatic carbocycles. The Labute approximate surface area is 143 Å². The van der Waals surface area contributed by atoms with Crippen LogP contribution in [0.5, 0.6) is 0 Å². The zero-order chi connectivity index (χ0) is 15.9. The van der Waals surface area contributed by atoms with Gasteiger partial charge >= 0.3 is 0 Å². The molecule has 3 rings (SSSR count). The van der Waals surface area contributed by atoms with Crippen molar-refractivity contribution >= 4 is 17.2 Å². The molecule has 1 aromatic heterocycles. The fourth-order valence-corrected chi connectivity index (χ4v) is 4.39. The van der Waals surface area contributed by atoms with Crippen LogP contribution in [0.2, 0.25) is 0 Å². The van der Waals surface area contributed by atoms with Crippen molar-refractivity contribution in [2.45, 2.75) is 51.2 Å². The molecule has 1 saturated carbocycles. The van der Waals surface area contributed by atoms with Gasteiger partial charge in [-0.25, -0.2) is 0 Å². The van der Waals surface area contributed by atoms with Crippen molar-refractivity contribution in [2.75, 3.05) is 26.2 Å². The van der Waals surface area contributed by atoms with Gasteiger partial charge in [-0.05, 0) is 49.6 Å². The van der Waals surface area contributed by atoms with Gasteiger partial charge in [-0.15, -0.1) is 11.3 Å². The van der Waals surface area contributed by atoms with Crippen LogP contribution >= 0.6 is 11.3 Å². The molecular formula is C18H28N2O2S. The van der Waals surface area contributed by atoms with Crippen molar-refractivity contribution in [3.8, 4) is 0 Å². The van der Waals surface area contributed by atoms with Gasteiger partial charge in [0.25, 0.3) is 0 Å². The molecule has 1 aromatic rings. The Morgan fingerprint density at radius 3 is 2.96 bits per heavy atom. The fraction of sp³-hybridized carbons (Fsp3) is 0.722. The molecule has 1 aliphatic heterocycles. The first-order valence-electron chi connectivity index (χ1n) is 8.92. The third-order valence-corrected chi connectivity index (χ3v) is 5.76. The summed E-state index contributed by atoms with van der Waals surface area (Å²) in [5, 5.41) is 5.21. The van der Waals surface area contributed by atoms with Crippen LogP contribution in [-0.2, 0) is 16.1 Å². The zero-order valence-corrected chi connectivity index (χ0v) is 14.7. The topological polar surface area (TPSA) is 41.6 Å². The van der Waals surface area contributed by atoms with E-state index < -0.39 is 0 Å². The summed E-state index contributed by atoms with van der Waals surface area (Å²) in [6.07, 6.45) is 7.48. The standard InChI is InChI=1S/C18H28N2O2S/c21-18(14-22-16-6-1-2-7-16)19-11-15-5-3-9-20(12-15)13-17-8-4-10-23-17/h4,8,10,15-16H,1-3,5-7,9,11-14H2,(H,19,21)/t15-/m0/s1. The molecule has 0 spiro atoms. The maximum atomic E-state index is 11.9. The van der Waals surface area contributed by atoms with Crippen LogP contribution in [0.1, 0.15) is 43.4 Å². The van der Waals surface area contributed by atoms with Crippen LogP contribution in [0.25, 0.3) is 0 Å². The lowest BCUT2D eigenvalue weighted by Crippen LogP contribution is -2.41. The minimum Gasteiger partial charge on any atom is -0.368 e. The molecule has 1 N–H and O–H groups in total. The number of ether oxygens (including phenoxy) is 1. The summed E-state index contributed by atoms with van der Waals surface area (Å²) in [6.45, 7) is 4.33. The Hall–Kier alpha value is -0.910. The van der Waals surface area contributed by atoms with Crippen LogP contribution in [0, 0.1) is 5.92 Å². The van der Waals surface area contributed by atoms with E-state index in [1.54, 1.807) is 0 Å². The summed E-state index contributed by atoms with van der Waals surface area (Å²) in [4.78, 5) is 15.9. The lowest BCUT2D eigenvalue weighted by molar-refractivity contribution is -0.127. The van der Waals surface area contributed by atoms with Gasteiger partial charge in [-0.2, -0.15) is 0 Å². The number of carbonyl (C=O) groups is 1. The van der Waals surface area contributed by atoms with Gasteiger partial charge in [0.2, 0.25) is 5.91 Å². The van der Waals surface area contributed by atoms with Crippen LogP contribution in [0.4, 0.5) is 0 Å². The highest BCUT2D eigenvalue weighted by Crippen LogP contribution is 2.21. The fourth-order valence-electron chi connectivity index (χ4n) is 3.64. The van der Waals surface area contributed by atoms with Crippen molar-refractivity contribution in [1.29, 1.82) is 0 Å². The van der Waals surface area contributed by atoms with Crippen molar-refractivity contribution < 1.29 is 9.53 Å². The molecule has 0 bridgehead atoms. The Kier molecular flexibility index (Phi) is 6.48. The lowest BCUT2D eigenvalue weighted by Gasteiger charge is -2.32. The average Bonchev–Trinajstić information content (AvgIpc) is 3.25. The predicted molar refractivity (Wildman–Crippen MR) is 93.5 cm³/mol. The first-order valence-corrected chi connectivity index (χ1v) is 9.80. The van der Waals surface area contributed by atoms with E-state index in [4.69, 9.17) is 4.74 Å². The predicted octanol–water partition coefficient (Wildman–Crippen LogP) is 3.04. The number of thiophene rings is 1. The second kappa shape index (κ2) is 8.81. The maximum absolute atomic E-state index is 11.9. The molecule has 1 amide bonds. The first kappa shape index (κ1) is 16.9. The Bertz CT molecular complexity index is 471. The minimum atomic E-state index is 0.0484. The SMILES string of the molecule is O=C(COC1CCCC1)NC[C@@H]1CCCN(Cc2cccs2)C1. The van der Waals surface area contributed by atoms with E-state index in [1.165, 1.54) is 37.1 Å². The number of carbonyl (C=O) groups excluding carboxylic acids is 1. The zero-order valence-electron chi connectivity index (χ0n) is 13.8. The number of nitrogens with one attached hydrogen (secondary N) is 1. The quantitative estimate of drug-likeness (QED) is 0.832. The molecule has 2 fully saturated rings. The van der Waals surface area contributed by atoms with Crippen molar-refractivity contribution in [3.05, 3.63) is 22.4 Å². The van der Waals surface area contributed by atoms with Gasteiger partial charge in [0.05, 0.1) is 6.10 Å². The molecule has 23 heavy (non-hydrogen) atoms. The highest BCUT2D eigenvalue weighted by molar-refractivity contribution is 7.09. The molecule has 1 aliphatic carbocycles. The van der Waals surface area contributed by atoms with E-state index in [0.717, 1.165) is 32.5 Å². The van der Waals surface area contributed by atoms with E-state index >= 15 is 0 Å². The minimum absolute atomic E-state index is 0.0484. The van der Waals surface area contributed by atoms with E-state index in [9.17, 15) is 4.79 Å². The van der Waals surface area contributed by atoms with Gasteiger partial charge in [0, 0.05) is 24.5 Å². The number of hydrogen-bond donors (Lipinski definition) is 1. The Morgan fingerprint density at radius 1 is 1.30 bits per heavy atom. The van der Waals surface area contributed by atoms with Crippen LogP contribution in [0.15, 0.2) is 17.5 Å². The average molecular weight is 337 g/mol. The normalized spacial score (nSPS) is 23.2. The number of piperidine rings is 1. The highest BCUT2D eigenvalue weighted by Gasteiger charge is 2.21. The van der Waals surface area contributed by atoms with Gasteiger partial charge in [-0.1, -0.05) is 18.9 Å². The van der Waals surface area contributed by atoms with Crippen LogP contribution in [-0.4, -0.2) is 43.2 Å². The van der Waals surface area contributed by atoms with Crippen molar-refractivity contribution in [3.63, 3.8) is 0 Å². The molecule has 2 aliphatic rings. The van der Waals surface area contributed by atoms with Crippen molar-refractivity contribution in [1.82, 2.24) is 10.2 Å². The number of likely N-dealkylation sites (tertiary alicyclic amines) is 1. The maximum Gasteiger partial charge on any atom is 0.246 e. The van der Waals surface area contributed by atoms with E-state index in [0.29, 0.717) is 12.0 Å². The first-order chi connectivity index (χ1) is 11.3. The Balaban J connectivity index is 1.33. The third kappa shape index (κ3) is 5.59. The molecule has 2 heterocycles. The number of hydrogen-bond acceptors (Lipinski definition) is 4. The molecular weight excluding hydrogens is 308 g/mol. The van der Waals surface area contributed by atoms with E-state index in [-0.39, 0.29) is 12.5 Å². The van der Waals surface area contributed by atoms with Crippen LogP contribution < -0.4 is 5.32 Å². The highest BCUT2D eigenvalue weighted by atomic mass is 32.1. The van der Waals surface area contributed by atoms with Gasteiger partial charge in [0.1, 0.15) is 6.61 Å². The number of rotatable bonds is 7. The second-order valence-electron chi connectivity index (χ2n) is 6.84. The molecule has 1 saturated heterocycles. The summed E-state index contributed by atoms with van der Waals surface area (Å²) < 4.78 is 5.67. The van der Waals surface area contributed by atoms with Gasteiger partial charge in [0.15, 0.2) is 0 Å². The third-order valence-electron chi connectivity index (χ3n) is 4.90. The van der Waals surface area contributed by atoms with Gasteiger partial charge in [-0.3, -0.25) is 9.69 Å². The summed E-state index contributed by atoms with van der Waals surface area (Å²) in [7, 11) is 0. The summed E-state index contributed by atoms with van der Waals surface area (Å²) in [5.74, 6) is 0.617. The van der Waals surface area contributed by atoms with E-state index in [2.05, 4.69) is 27.7 Å². The molecule has 0 radical (unpaired) electrons. The smallest absolute Gasteiger partial charge is 0.246 e. The largest absolute Gasteiger partial charge is 0.368 e. The van der Waals surface area contributed by atoms with Crippen LogP contribution in [0.3, 0.4) is 0 Å². The molecule has 0 unspecified atom stereocenters. The molecule has 1 atom stereocenters. The molecule has 4 nitrogen and oxygen atoms in total. The Morgan fingerprint density at radius 2 is 2.17 bits per heavy atom. The molecule has 128 valence electrons.